The maximum atomic E-state index is 10.7. The van der Waals surface area contributed by atoms with E-state index in [-0.39, 0.29) is 12.4 Å². The molecule has 1 heterocycles. The second-order valence-electron chi connectivity index (χ2n) is 6.73. The van der Waals surface area contributed by atoms with E-state index in [9.17, 15) is 15.3 Å². The van der Waals surface area contributed by atoms with Crippen molar-refractivity contribution in [2.45, 2.75) is 38.7 Å². The standard InChI is InChI=1S/C24H29NO3/c1-3-7-18(2)22(13-15-26)24(28)12-11-20(23-10-4-5-14-25-23)16-19-8-6-9-21(27)17-19/h4-6,8-10,13-14,16-17,24,26-28H,2-3,7,11-12,15H2,1H3/b20-16-,22-13-. The minimum absolute atomic E-state index is 0.124. The molecule has 1 atom stereocenters. The summed E-state index contributed by atoms with van der Waals surface area (Å²) in [6, 6.07) is 12.8. The van der Waals surface area contributed by atoms with Crippen LogP contribution in [0.2, 0.25) is 0 Å². The van der Waals surface area contributed by atoms with Gasteiger partial charge in [0.15, 0.2) is 0 Å². The number of pyridine rings is 1. The molecular formula is C24H29NO3. The molecule has 1 aromatic heterocycles. The van der Waals surface area contributed by atoms with E-state index >= 15 is 0 Å². The molecule has 0 radical (unpaired) electrons. The van der Waals surface area contributed by atoms with E-state index in [2.05, 4.69) is 18.5 Å². The Morgan fingerprint density at radius 3 is 2.64 bits per heavy atom. The van der Waals surface area contributed by atoms with Crippen molar-refractivity contribution in [3.63, 3.8) is 0 Å². The maximum absolute atomic E-state index is 10.7. The molecule has 2 rings (SSSR count). The highest BCUT2D eigenvalue weighted by molar-refractivity contribution is 5.80. The first kappa shape index (κ1) is 21.6. The SMILES string of the molecule is C=C(CCC)/C(=C/CO)C(O)CC/C(=C/c1cccc(O)c1)c1ccccn1. The number of allylic oxidation sites excluding steroid dienone is 1. The number of aromatic hydroxyl groups is 1. The third-order valence-electron chi connectivity index (χ3n) is 4.52. The molecule has 1 aromatic carbocycles. The van der Waals surface area contributed by atoms with Crippen molar-refractivity contribution in [3.05, 3.63) is 83.7 Å². The van der Waals surface area contributed by atoms with Crippen LogP contribution in [0.4, 0.5) is 0 Å². The van der Waals surface area contributed by atoms with Crippen LogP contribution < -0.4 is 0 Å². The Hall–Kier alpha value is -2.69. The molecule has 0 saturated carbocycles. The molecule has 148 valence electrons. The topological polar surface area (TPSA) is 73.6 Å². The molecule has 1 unspecified atom stereocenters. The van der Waals surface area contributed by atoms with Crippen molar-refractivity contribution in [1.29, 1.82) is 0 Å². The summed E-state index contributed by atoms with van der Waals surface area (Å²) in [5.74, 6) is 0.207. The van der Waals surface area contributed by atoms with Gasteiger partial charge >= 0.3 is 0 Å². The zero-order valence-electron chi connectivity index (χ0n) is 16.4. The summed E-state index contributed by atoms with van der Waals surface area (Å²) in [6.07, 6.45) is 7.45. The highest BCUT2D eigenvalue weighted by Crippen LogP contribution is 2.27. The van der Waals surface area contributed by atoms with Gasteiger partial charge in [0.1, 0.15) is 5.75 Å². The number of phenolic OH excluding ortho intramolecular Hbond substituents is 1. The third kappa shape index (κ3) is 6.48. The lowest BCUT2D eigenvalue weighted by atomic mass is 9.92. The van der Waals surface area contributed by atoms with E-state index in [4.69, 9.17) is 0 Å². The van der Waals surface area contributed by atoms with Crippen molar-refractivity contribution in [2.75, 3.05) is 6.61 Å². The fourth-order valence-corrected chi connectivity index (χ4v) is 3.15. The first-order valence-corrected chi connectivity index (χ1v) is 9.63. The summed E-state index contributed by atoms with van der Waals surface area (Å²) in [7, 11) is 0. The molecule has 0 aliphatic rings. The monoisotopic (exact) mass is 379 g/mol. The third-order valence-corrected chi connectivity index (χ3v) is 4.52. The van der Waals surface area contributed by atoms with Crippen LogP contribution in [-0.2, 0) is 0 Å². The normalized spacial score (nSPS) is 13.4. The van der Waals surface area contributed by atoms with Crippen LogP contribution in [0, 0.1) is 0 Å². The number of benzene rings is 1. The number of hydrogen-bond donors (Lipinski definition) is 3. The van der Waals surface area contributed by atoms with Crippen molar-refractivity contribution in [1.82, 2.24) is 4.98 Å². The molecule has 0 spiro atoms. The minimum Gasteiger partial charge on any atom is -0.508 e. The smallest absolute Gasteiger partial charge is 0.116 e. The first-order valence-electron chi connectivity index (χ1n) is 9.63. The number of aliphatic hydroxyl groups is 2. The van der Waals surface area contributed by atoms with E-state index in [1.165, 1.54) is 0 Å². The molecular weight excluding hydrogens is 350 g/mol. The van der Waals surface area contributed by atoms with Gasteiger partial charge in [0.25, 0.3) is 0 Å². The van der Waals surface area contributed by atoms with Crippen molar-refractivity contribution >= 4 is 11.6 Å². The van der Waals surface area contributed by atoms with Crippen LogP contribution in [0.15, 0.2) is 72.5 Å². The van der Waals surface area contributed by atoms with Crippen molar-refractivity contribution in [2.24, 2.45) is 0 Å². The number of nitrogens with zero attached hydrogens (tertiary/aromatic N) is 1. The predicted octanol–water partition coefficient (Wildman–Crippen LogP) is 4.74. The molecule has 4 heteroatoms. The maximum Gasteiger partial charge on any atom is 0.116 e. The Labute approximate surface area is 167 Å². The average molecular weight is 380 g/mol. The van der Waals surface area contributed by atoms with Crippen molar-refractivity contribution < 1.29 is 15.3 Å². The number of hydrogen-bond acceptors (Lipinski definition) is 4. The molecule has 28 heavy (non-hydrogen) atoms. The lowest BCUT2D eigenvalue weighted by Gasteiger charge is -2.18. The van der Waals surface area contributed by atoms with Gasteiger partial charge in [0.05, 0.1) is 18.4 Å². The number of aromatic nitrogens is 1. The molecule has 0 aliphatic carbocycles. The molecule has 4 nitrogen and oxygen atoms in total. The molecule has 0 saturated heterocycles. The molecule has 2 aromatic rings. The van der Waals surface area contributed by atoms with Gasteiger partial charge in [-0.2, -0.15) is 0 Å². The highest BCUT2D eigenvalue weighted by Gasteiger charge is 2.15. The second-order valence-corrected chi connectivity index (χ2v) is 6.73. The molecule has 0 amide bonds. The van der Waals surface area contributed by atoms with Gasteiger partial charge in [-0.15, -0.1) is 0 Å². The lowest BCUT2D eigenvalue weighted by molar-refractivity contribution is 0.202. The Kier molecular flexibility index (Phi) is 8.66. The van der Waals surface area contributed by atoms with Crippen LogP contribution in [0.25, 0.3) is 11.6 Å². The second kappa shape index (κ2) is 11.2. The number of aliphatic hydroxyl groups excluding tert-OH is 2. The summed E-state index contributed by atoms with van der Waals surface area (Å²) < 4.78 is 0. The Bertz CT molecular complexity index is 825. The van der Waals surface area contributed by atoms with E-state index < -0.39 is 6.10 Å². The van der Waals surface area contributed by atoms with Gasteiger partial charge in [-0.25, -0.2) is 0 Å². The van der Waals surface area contributed by atoms with Gasteiger partial charge in [0.2, 0.25) is 0 Å². The van der Waals surface area contributed by atoms with Gasteiger partial charge in [-0.05, 0) is 71.9 Å². The predicted molar refractivity (Wildman–Crippen MR) is 115 cm³/mol. The van der Waals surface area contributed by atoms with E-state index in [1.807, 2.05) is 30.3 Å². The van der Waals surface area contributed by atoms with E-state index in [0.717, 1.165) is 35.2 Å². The fourth-order valence-electron chi connectivity index (χ4n) is 3.15. The number of phenols is 1. The molecule has 0 aliphatic heterocycles. The zero-order valence-corrected chi connectivity index (χ0v) is 16.4. The summed E-state index contributed by atoms with van der Waals surface area (Å²) in [5.41, 5.74) is 4.24. The summed E-state index contributed by atoms with van der Waals surface area (Å²) >= 11 is 0. The number of rotatable bonds is 10. The molecule has 3 N–H and O–H groups in total. The van der Waals surface area contributed by atoms with Crippen LogP contribution in [-0.4, -0.2) is 33.0 Å². The minimum atomic E-state index is -0.706. The summed E-state index contributed by atoms with van der Waals surface area (Å²) in [6.45, 7) is 5.99. The van der Waals surface area contributed by atoms with Gasteiger partial charge in [0, 0.05) is 6.20 Å². The molecule has 0 bridgehead atoms. The van der Waals surface area contributed by atoms with E-state index in [1.54, 1.807) is 30.5 Å². The summed E-state index contributed by atoms with van der Waals surface area (Å²) in [5, 5.41) is 29.8. The molecule has 0 fully saturated rings. The highest BCUT2D eigenvalue weighted by atomic mass is 16.3. The Morgan fingerprint density at radius 1 is 1.18 bits per heavy atom. The van der Waals surface area contributed by atoms with Gasteiger partial charge in [-0.1, -0.05) is 44.2 Å². The van der Waals surface area contributed by atoms with E-state index in [0.29, 0.717) is 18.4 Å². The Balaban J connectivity index is 2.23. The quantitative estimate of drug-likeness (QED) is 0.521. The lowest BCUT2D eigenvalue weighted by Crippen LogP contribution is -2.13. The van der Waals surface area contributed by atoms with Crippen molar-refractivity contribution in [3.8, 4) is 5.75 Å². The summed E-state index contributed by atoms with van der Waals surface area (Å²) in [4.78, 5) is 4.44. The van der Waals surface area contributed by atoms with Gasteiger partial charge < -0.3 is 15.3 Å². The zero-order chi connectivity index (χ0) is 20.4. The van der Waals surface area contributed by atoms with Crippen LogP contribution >= 0.6 is 0 Å². The Morgan fingerprint density at radius 2 is 2.00 bits per heavy atom. The van der Waals surface area contributed by atoms with Crippen LogP contribution in [0.3, 0.4) is 0 Å². The first-order chi connectivity index (χ1) is 13.5. The largest absolute Gasteiger partial charge is 0.508 e. The van der Waals surface area contributed by atoms with Gasteiger partial charge in [-0.3, -0.25) is 4.98 Å². The average Bonchev–Trinajstić information content (AvgIpc) is 2.70. The van der Waals surface area contributed by atoms with Crippen LogP contribution in [0.5, 0.6) is 5.75 Å². The fraction of sp³-hybridized carbons (Fsp3) is 0.292. The van der Waals surface area contributed by atoms with Crippen LogP contribution in [0.1, 0.15) is 43.9 Å².